The van der Waals surface area contributed by atoms with Crippen LogP contribution in [0.1, 0.15) is 0 Å². The molecule has 0 saturated carbocycles. The molecule has 3 heteroatoms. The van der Waals surface area contributed by atoms with Gasteiger partial charge in [-0.25, -0.2) is 0 Å². The van der Waals surface area contributed by atoms with E-state index < -0.39 is 8.07 Å². The van der Waals surface area contributed by atoms with E-state index in [4.69, 9.17) is 8.83 Å². The zero-order valence-corrected chi connectivity index (χ0v) is 28.8. The number of benzene rings is 8. The van der Waals surface area contributed by atoms with Gasteiger partial charge < -0.3 is 8.83 Å². The van der Waals surface area contributed by atoms with E-state index in [1.807, 2.05) is 24.3 Å². The lowest BCUT2D eigenvalue weighted by Gasteiger charge is -2.37. The first kappa shape index (κ1) is 29.5. The molecule has 2 aromatic heterocycles. The number of furan rings is 2. The second kappa shape index (κ2) is 11.9. The summed E-state index contributed by atoms with van der Waals surface area (Å²) in [5.41, 5.74) is 8.44. The summed E-state index contributed by atoms with van der Waals surface area (Å²) in [6, 6.07) is 70.5. The Kier molecular flexibility index (Phi) is 6.86. The van der Waals surface area contributed by atoms with Gasteiger partial charge in [0, 0.05) is 21.5 Å². The van der Waals surface area contributed by atoms with Crippen LogP contribution in [0.25, 0.3) is 66.1 Å². The van der Waals surface area contributed by atoms with Gasteiger partial charge in [0.1, 0.15) is 22.3 Å². The molecule has 51 heavy (non-hydrogen) atoms. The van der Waals surface area contributed by atoms with Crippen molar-refractivity contribution < 1.29 is 8.83 Å². The third-order valence-corrected chi connectivity index (χ3v) is 15.3. The molecule has 0 amide bonds. The molecule has 0 saturated heterocycles. The van der Waals surface area contributed by atoms with Crippen molar-refractivity contribution >= 4 is 72.7 Å². The van der Waals surface area contributed by atoms with E-state index in [2.05, 4.69) is 170 Å². The maximum absolute atomic E-state index is 6.27. The summed E-state index contributed by atoms with van der Waals surface area (Å²) in [4.78, 5) is 0. The fraction of sp³-hybridized carbons (Fsp3) is 0. The Morgan fingerprint density at radius 2 is 0.667 bits per heavy atom. The predicted molar refractivity (Wildman–Crippen MR) is 215 cm³/mol. The Bertz CT molecular complexity index is 2670. The minimum atomic E-state index is -3.01. The summed E-state index contributed by atoms with van der Waals surface area (Å²) < 4.78 is 12.5. The smallest absolute Gasteiger partial charge is 0.180 e. The highest BCUT2D eigenvalue weighted by Gasteiger charge is 2.44. The van der Waals surface area contributed by atoms with Crippen LogP contribution in [0.15, 0.2) is 203 Å². The molecule has 8 aromatic carbocycles. The van der Waals surface area contributed by atoms with Crippen molar-refractivity contribution in [2.45, 2.75) is 0 Å². The molecule has 0 atom stereocenters. The molecular weight excluding hydrogens is 637 g/mol. The van der Waals surface area contributed by atoms with Crippen molar-refractivity contribution in [3.63, 3.8) is 0 Å². The van der Waals surface area contributed by atoms with Crippen LogP contribution in [0.4, 0.5) is 0 Å². The van der Waals surface area contributed by atoms with Gasteiger partial charge in [-0.1, -0.05) is 158 Å². The number of fused-ring (bicyclic) bond motifs is 6. The largest absolute Gasteiger partial charge is 0.456 e. The highest BCUT2D eigenvalue weighted by Crippen LogP contribution is 2.35. The Balaban J connectivity index is 1.30. The number of rotatable bonds is 6. The molecule has 0 fully saturated rings. The number of hydrogen-bond acceptors (Lipinski definition) is 2. The van der Waals surface area contributed by atoms with Gasteiger partial charge >= 0.3 is 0 Å². The van der Waals surface area contributed by atoms with Gasteiger partial charge in [-0.3, -0.25) is 0 Å². The van der Waals surface area contributed by atoms with Gasteiger partial charge in [0.05, 0.1) is 0 Å². The van der Waals surface area contributed by atoms with E-state index in [1.54, 1.807) is 0 Å². The minimum absolute atomic E-state index is 0.902. The van der Waals surface area contributed by atoms with Crippen LogP contribution in [-0.2, 0) is 0 Å². The first-order chi connectivity index (χ1) is 25.3. The Morgan fingerprint density at radius 1 is 0.294 bits per heavy atom. The van der Waals surface area contributed by atoms with Gasteiger partial charge in [-0.15, -0.1) is 0 Å². The van der Waals surface area contributed by atoms with Crippen LogP contribution in [-0.4, -0.2) is 8.07 Å². The number of hydrogen-bond donors (Lipinski definition) is 0. The molecule has 0 N–H and O–H groups in total. The van der Waals surface area contributed by atoms with E-state index in [9.17, 15) is 0 Å². The van der Waals surface area contributed by atoms with Crippen LogP contribution < -0.4 is 20.7 Å². The van der Waals surface area contributed by atoms with E-state index >= 15 is 0 Å². The lowest BCUT2D eigenvalue weighted by atomic mass is 10.0. The van der Waals surface area contributed by atoms with Gasteiger partial charge in [-0.05, 0) is 79.4 Å². The molecule has 2 heterocycles. The standard InChI is InChI=1S/C48H32O2Si/c1-3-15-35(16-4-1)51(36-17-5-2-6-18-36,47-25-13-9-19-37(47)33-27-29-45-41(31-33)39-21-7-11-23-43(39)49-45)48-26-14-10-20-38(48)34-28-30-46-42(32-34)40-22-8-12-24-44(40)50-46/h1-32H. The normalized spacial score (nSPS) is 11.9. The molecule has 240 valence electrons. The van der Waals surface area contributed by atoms with Gasteiger partial charge in [0.25, 0.3) is 0 Å². The second-order valence-electron chi connectivity index (χ2n) is 13.2. The summed E-state index contributed by atoms with van der Waals surface area (Å²) in [5.74, 6) is 0. The summed E-state index contributed by atoms with van der Waals surface area (Å²) in [6.07, 6.45) is 0. The third-order valence-electron chi connectivity index (χ3n) is 10.5. The van der Waals surface area contributed by atoms with Crippen molar-refractivity contribution in [3.05, 3.63) is 194 Å². The van der Waals surface area contributed by atoms with Crippen LogP contribution >= 0.6 is 0 Å². The quantitative estimate of drug-likeness (QED) is 0.130. The predicted octanol–water partition coefficient (Wildman–Crippen LogP) is 10.2. The summed E-state index contributed by atoms with van der Waals surface area (Å²) >= 11 is 0. The SMILES string of the molecule is c1ccc([Si](c2ccccc2)(c2ccccc2-c2ccc3oc4ccccc4c3c2)c2ccccc2-c2ccc3oc4ccccc4c3c2)cc1. The Hall–Kier alpha value is -6.42. The summed E-state index contributed by atoms with van der Waals surface area (Å²) in [6.45, 7) is 0. The minimum Gasteiger partial charge on any atom is -0.456 e. The van der Waals surface area contributed by atoms with E-state index in [0.29, 0.717) is 0 Å². The molecule has 10 aromatic rings. The second-order valence-corrected chi connectivity index (χ2v) is 16.9. The molecule has 0 unspecified atom stereocenters. The monoisotopic (exact) mass is 668 g/mol. The van der Waals surface area contributed by atoms with E-state index in [1.165, 1.54) is 43.0 Å². The molecule has 0 bridgehead atoms. The maximum atomic E-state index is 6.27. The molecule has 0 radical (unpaired) electrons. The van der Waals surface area contributed by atoms with Crippen LogP contribution in [0.2, 0.25) is 0 Å². The molecular formula is C48H32O2Si. The first-order valence-electron chi connectivity index (χ1n) is 17.4. The molecule has 0 aliphatic carbocycles. The molecule has 0 aliphatic rings. The molecule has 0 spiro atoms. The van der Waals surface area contributed by atoms with Crippen LogP contribution in [0.3, 0.4) is 0 Å². The number of para-hydroxylation sites is 2. The van der Waals surface area contributed by atoms with Crippen molar-refractivity contribution in [1.29, 1.82) is 0 Å². The third kappa shape index (κ3) is 4.63. The molecule has 0 aliphatic heterocycles. The highest BCUT2D eigenvalue weighted by molar-refractivity contribution is 7.21. The summed E-state index contributed by atoms with van der Waals surface area (Å²) in [5, 5.41) is 9.88. The average Bonchev–Trinajstić information content (AvgIpc) is 3.77. The van der Waals surface area contributed by atoms with Crippen molar-refractivity contribution in [2.75, 3.05) is 0 Å². The first-order valence-corrected chi connectivity index (χ1v) is 19.4. The highest BCUT2D eigenvalue weighted by atomic mass is 28.3. The molecule has 2 nitrogen and oxygen atoms in total. The molecule has 10 rings (SSSR count). The topological polar surface area (TPSA) is 26.3 Å². The zero-order valence-electron chi connectivity index (χ0n) is 27.8. The van der Waals surface area contributed by atoms with Crippen molar-refractivity contribution in [1.82, 2.24) is 0 Å². The van der Waals surface area contributed by atoms with E-state index in [0.717, 1.165) is 43.9 Å². The fourth-order valence-electron chi connectivity index (χ4n) is 8.22. The van der Waals surface area contributed by atoms with Crippen LogP contribution in [0.5, 0.6) is 0 Å². The Morgan fingerprint density at radius 3 is 1.14 bits per heavy atom. The lowest BCUT2D eigenvalue weighted by molar-refractivity contribution is 0.668. The van der Waals surface area contributed by atoms with Crippen LogP contribution in [0, 0.1) is 0 Å². The van der Waals surface area contributed by atoms with E-state index in [-0.39, 0.29) is 0 Å². The Labute approximate surface area is 296 Å². The summed E-state index contributed by atoms with van der Waals surface area (Å²) in [7, 11) is -3.01. The maximum Gasteiger partial charge on any atom is 0.180 e. The van der Waals surface area contributed by atoms with Gasteiger partial charge in [-0.2, -0.15) is 0 Å². The zero-order chi connectivity index (χ0) is 33.8. The van der Waals surface area contributed by atoms with Gasteiger partial charge in [0.15, 0.2) is 8.07 Å². The van der Waals surface area contributed by atoms with Crippen molar-refractivity contribution in [3.8, 4) is 22.3 Å². The van der Waals surface area contributed by atoms with Gasteiger partial charge in [0.2, 0.25) is 0 Å². The average molecular weight is 669 g/mol. The lowest BCUT2D eigenvalue weighted by Crippen LogP contribution is -2.75. The fourth-order valence-corrected chi connectivity index (χ4v) is 13.4. The van der Waals surface area contributed by atoms with Crippen molar-refractivity contribution in [2.24, 2.45) is 0 Å².